The van der Waals surface area contributed by atoms with Gasteiger partial charge in [-0.3, -0.25) is 9.59 Å². The molecule has 0 N–H and O–H groups in total. The monoisotopic (exact) mass is 430 g/mol. The van der Waals surface area contributed by atoms with Crippen molar-refractivity contribution in [1.29, 1.82) is 0 Å². The molecule has 2 aliphatic rings. The van der Waals surface area contributed by atoms with Crippen LogP contribution in [0.5, 0.6) is 0 Å². The van der Waals surface area contributed by atoms with Crippen molar-refractivity contribution in [2.45, 2.75) is 39.2 Å². The average Bonchev–Trinajstić information content (AvgIpc) is 3.54. The predicted molar refractivity (Wildman–Crippen MR) is 120 cm³/mol. The highest BCUT2D eigenvalue weighted by Crippen LogP contribution is 2.35. The summed E-state index contributed by atoms with van der Waals surface area (Å²) in [6, 6.07) is 15.5. The molecule has 2 aromatic carbocycles. The molecular formula is C25H26N4O3. The van der Waals surface area contributed by atoms with Gasteiger partial charge in [0.2, 0.25) is 23.5 Å². The van der Waals surface area contributed by atoms with Crippen LogP contribution in [-0.4, -0.2) is 39.9 Å². The highest BCUT2D eigenvalue weighted by molar-refractivity contribution is 6.00. The zero-order valence-electron chi connectivity index (χ0n) is 18.3. The molecule has 2 amide bonds. The maximum atomic E-state index is 13.4. The molecule has 5 rings (SSSR count). The molecule has 3 aromatic rings. The largest absolute Gasteiger partial charge is 0.337 e. The van der Waals surface area contributed by atoms with E-state index in [-0.39, 0.29) is 30.2 Å². The zero-order valence-corrected chi connectivity index (χ0v) is 18.3. The molecule has 0 bridgehead atoms. The molecular weight excluding hydrogens is 404 g/mol. The number of carbonyl (C=O) groups is 2. The van der Waals surface area contributed by atoms with Gasteiger partial charge in [-0.05, 0) is 38.8 Å². The summed E-state index contributed by atoms with van der Waals surface area (Å²) in [7, 11) is 0. The summed E-state index contributed by atoms with van der Waals surface area (Å²) in [5.41, 5.74) is 4.03. The molecule has 2 fully saturated rings. The van der Waals surface area contributed by atoms with Gasteiger partial charge in [0.1, 0.15) is 6.04 Å². The van der Waals surface area contributed by atoms with Crippen LogP contribution in [0, 0.1) is 19.8 Å². The van der Waals surface area contributed by atoms with E-state index in [1.807, 2.05) is 67.3 Å². The van der Waals surface area contributed by atoms with Crippen molar-refractivity contribution in [3.05, 3.63) is 65.5 Å². The molecule has 164 valence electrons. The van der Waals surface area contributed by atoms with Crippen LogP contribution in [0.1, 0.15) is 42.3 Å². The van der Waals surface area contributed by atoms with E-state index in [0.717, 1.165) is 35.2 Å². The van der Waals surface area contributed by atoms with Gasteiger partial charge in [0, 0.05) is 30.8 Å². The Morgan fingerprint density at radius 3 is 2.44 bits per heavy atom. The second-order valence-corrected chi connectivity index (χ2v) is 8.75. The number of carbonyl (C=O) groups excluding carboxylic acids is 2. The Kier molecular flexibility index (Phi) is 5.25. The number of amides is 2. The van der Waals surface area contributed by atoms with Crippen LogP contribution >= 0.6 is 0 Å². The van der Waals surface area contributed by atoms with E-state index < -0.39 is 0 Å². The summed E-state index contributed by atoms with van der Waals surface area (Å²) in [6.45, 7) is 5.09. The normalized spacial score (nSPS) is 20.9. The molecule has 2 unspecified atom stereocenters. The molecule has 2 atom stereocenters. The topological polar surface area (TPSA) is 79.5 Å². The maximum Gasteiger partial charge on any atom is 0.249 e. The van der Waals surface area contributed by atoms with Crippen LogP contribution in [0.15, 0.2) is 53.1 Å². The predicted octanol–water partition coefficient (Wildman–Crippen LogP) is 4.07. The summed E-state index contributed by atoms with van der Waals surface area (Å²) in [6.07, 6.45) is 1.89. The molecule has 3 heterocycles. The number of aromatic nitrogens is 2. The van der Waals surface area contributed by atoms with Gasteiger partial charge >= 0.3 is 0 Å². The third kappa shape index (κ3) is 3.79. The van der Waals surface area contributed by atoms with Gasteiger partial charge in [-0.1, -0.05) is 52.7 Å². The lowest BCUT2D eigenvalue weighted by Gasteiger charge is -2.25. The Morgan fingerprint density at radius 2 is 1.72 bits per heavy atom. The molecule has 2 saturated heterocycles. The van der Waals surface area contributed by atoms with Gasteiger partial charge in [-0.15, -0.1) is 0 Å². The Bertz CT molecular complexity index is 1140. The molecule has 0 aliphatic carbocycles. The van der Waals surface area contributed by atoms with Gasteiger partial charge in [0.15, 0.2) is 0 Å². The van der Waals surface area contributed by atoms with Crippen LogP contribution in [0.4, 0.5) is 5.69 Å². The maximum absolute atomic E-state index is 13.4. The first kappa shape index (κ1) is 20.4. The standard InChI is InChI=1S/C25H26N4O3/c1-16-5-9-18(10-6-16)23-26-24(32-27-23)21-4-3-13-28(21)25(31)19-14-22(30)29(15-19)20-11-7-17(2)8-12-20/h5-12,19,21H,3-4,13-15H2,1-2H3. The fourth-order valence-electron chi connectivity index (χ4n) is 4.56. The van der Waals surface area contributed by atoms with E-state index in [2.05, 4.69) is 10.1 Å². The Labute approximate surface area is 187 Å². The van der Waals surface area contributed by atoms with E-state index in [4.69, 9.17) is 4.52 Å². The Balaban J connectivity index is 1.31. The molecule has 32 heavy (non-hydrogen) atoms. The number of aryl methyl sites for hydroxylation is 2. The van der Waals surface area contributed by atoms with Crippen LogP contribution in [0.2, 0.25) is 0 Å². The fraction of sp³-hybridized carbons (Fsp3) is 0.360. The number of benzene rings is 2. The van der Waals surface area contributed by atoms with Crippen LogP contribution in [0.3, 0.4) is 0 Å². The highest BCUT2D eigenvalue weighted by atomic mass is 16.5. The fourth-order valence-corrected chi connectivity index (χ4v) is 4.56. The summed E-state index contributed by atoms with van der Waals surface area (Å²) < 4.78 is 5.57. The van der Waals surface area contributed by atoms with Gasteiger partial charge < -0.3 is 14.3 Å². The molecule has 7 heteroatoms. The van der Waals surface area contributed by atoms with Crippen molar-refractivity contribution in [3.8, 4) is 11.4 Å². The van der Waals surface area contributed by atoms with Crippen LogP contribution < -0.4 is 4.90 Å². The Morgan fingerprint density at radius 1 is 1.03 bits per heavy atom. The molecule has 1 aromatic heterocycles. The second-order valence-electron chi connectivity index (χ2n) is 8.75. The first-order valence-electron chi connectivity index (χ1n) is 11.1. The third-order valence-corrected chi connectivity index (χ3v) is 6.39. The summed E-state index contributed by atoms with van der Waals surface area (Å²) >= 11 is 0. The first-order valence-corrected chi connectivity index (χ1v) is 11.1. The van der Waals surface area contributed by atoms with Crippen LogP contribution in [0.25, 0.3) is 11.4 Å². The third-order valence-electron chi connectivity index (χ3n) is 6.39. The van der Waals surface area contributed by atoms with E-state index in [1.165, 1.54) is 0 Å². The van der Waals surface area contributed by atoms with Gasteiger partial charge in [0.25, 0.3) is 0 Å². The lowest BCUT2D eigenvalue weighted by atomic mass is 10.1. The van der Waals surface area contributed by atoms with Gasteiger partial charge in [0.05, 0.1) is 5.92 Å². The van der Waals surface area contributed by atoms with Crippen molar-refractivity contribution >= 4 is 17.5 Å². The molecule has 7 nitrogen and oxygen atoms in total. The van der Waals surface area contributed by atoms with E-state index in [1.54, 1.807) is 4.90 Å². The van der Waals surface area contributed by atoms with Gasteiger partial charge in [-0.2, -0.15) is 4.98 Å². The lowest BCUT2D eigenvalue weighted by Crippen LogP contribution is -2.37. The molecule has 0 saturated carbocycles. The first-order chi connectivity index (χ1) is 15.5. The van der Waals surface area contributed by atoms with Crippen LogP contribution in [-0.2, 0) is 9.59 Å². The summed E-state index contributed by atoms with van der Waals surface area (Å²) in [5.74, 6) is 0.615. The second kappa shape index (κ2) is 8.22. The van der Waals surface area contributed by atoms with Crippen molar-refractivity contribution < 1.29 is 14.1 Å². The molecule has 0 spiro atoms. The quantitative estimate of drug-likeness (QED) is 0.623. The Hall–Kier alpha value is -3.48. The lowest BCUT2D eigenvalue weighted by molar-refractivity contribution is -0.137. The van der Waals surface area contributed by atoms with E-state index >= 15 is 0 Å². The van der Waals surface area contributed by atoms with Crippen molar-refractivity contribution in [2.24, 2.45) is 5.92 Å². The minimum absolute atomic E-state index is 0.00875. The van der Waals surface area contributed by atoms with Gasteiger partial charge in [-0.25, -0.2) is 0 Å². The summed E-state index contributed by atoms with van der Waals surface area (Å²) in [5, 5.41) is 4.14. The number of hydrogen-bond acceptors (Lipinski definition) is 5. The number of anilines is 1. The zero-order chi connectivity index (χ0) is 22.2. The minimum Gasteiger partial charge on any atom is -0.337 e. The average molecular weight is 431 g/mol. The van der Waals surface area contributed by atoms with E-state index in [9.17, 15) is 9.59 Å². The number of hydrogen-bond donors (Lipinski definition) is 0. The number of likely N-dealkylation sites (tertiary alicyclic amines) is 1. The smallest absolute Gasteiger partial charge is 0.249 e. The van der Waals surface area contributed by atoms with Crippen molar-refractivity contribution in [1.82, 2.24) is 15.0 Å². The SMILES string of the molecule is Cc1ccc(-c2noc(C3CCCN3C(=O)C3CC(=O)N(c4ccc(C)cc4)C3)n2)cc1. The molecule has 2 aliphatic heterocycles. The minimum atomic E-state index is -0.358. The highest BCUT2D eigenvalue weighted by Gasteiger charge is 2.42. The van der Waals surface area contributed by atoms with E-state index in [0.29, 0.717) is 24.8 Å². The number of nitrogens with zero attached hydrogens (tertiary/aromatic N) is 4. The summed E-state index contributed by atoms with van der Waals surface area (Å²) in [4.78, 5) is 34.1. The van der Waals surface area contributed by atoms with Crippen molar-refractivity contribution in [3.63, 3.8) is 0 Å². The van der Waals surface area contributed by atoms with Crippen molar-refractivity contribution in [2.75, 3.05) is 18.0 Å². The number of rotatable bonds is 4. The molecule has 0 radical (unpaired) electrons.